The summed E-state index contributed by atoms with van der Waals surface area (Å²) in [6.45, 7) is 5.90. The van der Waals surface area contributed by atoms with E-state index in [0.717, 1.165) is 16.7 Å². The molecule has 0 saturated heterocycles. The van der Waals surface area contributed by atoms with Crippen molar-refractivity contribution in [2.75, 3.05) is 5.32 Å². The van der Waals surface area contributed by atoms with Gasteiger partial charge in [-0.15, -0.1) is 0 Å². The molecular formula is C29H33N3O6. The number of carboxylic acids is 1. The average molecular weight is 520 g/mol. The maximum absolute atomic E-state index is 12.4. The SMILES string of the molecule is CC(C)(C)OC(=O)Nc1ccc(CNC(=O)NC(Cc2cccc(OCc3ccccc3)c2)C(=O)O)cc1. The van der Waals surface area contributed by atoms with Crippen molar-refractivity contribution in [2.45, 2.75) is 52.0 Å². The number of rotatable bonds is 10. The lowest BCUT2D eigenvalue weighted by atomic mass is 10.1. The van der Waals surface area contributed by atoms with Crippen LogP contribution in [0.2, 0.25) is 0 Å². The highest BCUT2D eigenvalue weighted by molar-refractivity contribution is 5.85. The quantitative estimate of drug-likeness (QED) is 0.295. The molecule has 0 radical (unpaired) electrons. The van der Waals surface area contributed by atoms with Gasteiger partial charge in [0.1, 0.15) is 24.0 Å². The summed E-state index contributed by atoms with van der Waals surface area (Å²) in [6, 6.07) is 22.0. The molecule has 0 aromatic heterocycles. The van der Waals surface area contributed by atoms with Crippen molar-refractivity contribution in [3.8, 4) is 5.75 Å². The van der Waals surface area contributed by atoms with Crippen LogP contribution in [-0.2, 0) is 29.1 Å². The number of carbonyl (C=O) groups excluding carboxylic acids is 2. The topological polar surface area (TPSA) is 126 Å². The molecule has 0 aliphatic heterocycles. The van der Waals surface area contributed by atoms with Crippen LogP contribution in [0.4, 0.5) is 15.3 Å². The summed E-state index contributed by atoms with van der Waals surface area (Å²) in [5.41, 5.74) is 2.46. The molecule has 3 rings (SSSR count). The lowest BCUT2D eigenvalue weighted by molar-refractivity contribution is -0.139. The van der Waals surface area contributed by atoms with Gasteiger partial charge in [-0.25, -0.2) is 14.4 Å². The Morgan fingerprint density at radius 2 is 1.55 bits per heavy atom. The zero-order valence-electron chi connectivity index (χ0n) is 21.7. The van der Waals surface area contributed by atoms with Crippen LogP contribution >= 0.6 is 0 Å². The molecule has 200 valence electrons. The van der Waals surface area contributed by atoms with Crippen molar-refractivity contribution in [1.29, 1.82) is 0 Å². The fourth-order valence-corrected chi connectivity index (χ4v) is 3.46. The van der Waals surface area contributed by atoms with E-state index in [-0.39, 0.29) is 13.0 Å². The van der Waals surface area contributed by atoms with Gasteiger partial charge in [0.25, 0.3) is 0 Å². The summed E-state index contributed by atoms with van der Waals surface area (Å²) in [4.78, 5) is 36.1. The molecule has 0 aliphatic rings. The lowest BCUT2D eigenvalue weighted by Crippen LogP contribution is -2.46. The Morgan fingerprint density at radius 1 is 0.868 bits per heavy atom. The van der Waals surface area contributed by atoms with Crippen molar-refractivity contribution in [3.05, 3.63) is 95.6 Å². The third-order valence-electron chi connectivity index (χ3n) is 5.24. The molecule has 3 aromatic rings. The number of nitrogens with one attached hydrogen (secondary N) is 3. The van der Waals surface area contributed by atoms with E-state index in [2.05, 4.69) is 16.0 Å². The maximum atomic E-state index is 12.4. The third-order valence-corrected chi connectivity index (χ3v) is 5.24. The second-order valence-electron chi connectivity index (χ2n) is 9.67. The molecular weight excluding hydrogens is 486 g/mol. The van der Waals surface area contributed by atoms with E-state index in [4.69, 9.17) is 9.47 Å². The van der Waals surface area contributed by atoms with Gasteiger partial charge < -0.3 is 25.2 Å². The molecule has 1 atom stereocenters. The molecule has 0 fully saturated rings. The Bertz CT molecular complexity index is 1220. The van der Waals surface area contributed by atoms with Crippen molar-refractivity contribution in [3.63, 3.8) is 0 Å². The van der Waals surface area contributed by atoms with Gasteiger partial charge in [0.2, 0.25) is 0 Å². The van der Waals surface area contributed by atoms with Crippen LogP contribution in [-0.4, -0.2) is 34.8 Å². The molecule has 4 N–H and O–H groups in total. The van der Waals surface area contributed by atoms with Gasteiger partial charge in [-0.05, 0) is 61.7 Å². The zero-order valence-corrected chi connectivity index (χ0v) is 21.7. The summed E-state index contributed by atoms with van der Waals surface area (Å²) in [7, 11) is 0. The fraction of sp³-hybridized carbons (Fsp3) is 0.276. The second kappa shape index (κ2) is 13.1. The van der Waals surface area contributed by atoms with E-state index in [1.165, 1.54) is 0 Å². The highest BCUT2D eigenvalue weighted by atomic mass is 16.6. The second-order valence-corrected chi connectivity index (χ2v) is 9.67. The molecule has 0 saturated carbocycles. The van der Waals surface area contributed by atoms with Crippen LogP contribution < -0.4 is 20.7 Å². The van der Waals surface area contributed by atoms with E-state index in [1.807, 2.05) is 30.3 Å². The van der Waals surface area contributed by atoms with Crippen LogP contribution in [0.25, 0.3) is 0 Å². The van der Waals surface area contributed by atoms with Crippen LogP contribution in [0, 0.1) is 0 Å². The first-order chi connectivity index (χ1) is 18.1. The number of anilines is 1. The predicted molar refractivity (Wildman–Crippen MR) is 144 cm³/mol. The van der Waals surface area contributed by atoms with E-state index in [0.29, 0.717) is 18.0 Å². The first-order valence-corrected chi connectivity index (χ1v) is 12.2. The summed E-state index contributed by atoms with van der Waals surface area (Å²) in [5, 5.41) is 17.5. The molecule has 38 heavy (non-hydrogen) atoms. The minimum atomic E-state index is -1.15. The standard InChI is InChI=1S/C29H33N3O6/c1-29(2,3)38-28(36)31-23-14-12-20(13-15-23)18-30-27(35)32-25(26(33)34)17-22-10-7-11-24(16-22)37-19-21-8-5-4-6-9-21/h4-16,25H,17-19H2,1-3H3,(H,31,36)(H,33,34)(H2,30,32,35). The van der Waals surface area contributed by atoms with Gasteiger partial charge in [-0.2, -0.15) is 0 Å². The molecule has 9 heteroatoms. The highest BCUT2D eigenvalue weighted by Gasteiger charge is 2.21. The van der Waals surface area contributed by atoms with Crippen LogP contribution in [0.1, 0.15) is 37.5 Å². The molecule has 0 spiro atoms. The zero-order chi connectivity index (χ0) is 27.5. The summed E-state index contributed by atoms with van der Waals surface area (Å²) in [5.74, 6) is -0.530. The lowest BCUT2D eigenvalue weighted by Gasteiger charge is -2.19. The van der Waals surface area contributed by atoms with Gasteiger partial charge in [-0.1, -0.05) is 54.6 Å². The Labute approximate surface area is 222 Å². The Morgan fingerprint density at radius 3 is 2.21 bits per heavy atom. The van der Waals surface area contributed by atoms with Crippen LogP contribution in [0.15, 0.2) is 78.9 Å². The minimum Gasteiger partial charge on any atom is -0.489 e. The molecule has 0 bridgehead atoms. The Hall–Kier alpha value is -4.53. The van der Waals surface area contributed by atoms with Gasteiger partial charge in [0.05, 0.1) is 0 Å². The van der Waals surface area contributed by atoms with Crippen LogP contribution in [0.5, 0.6) is 5.75 Å². The predicted octanol–water partition coefficient (Wildman–Crippen LogP) is 5.11. The highest BCUT2D eigenvalue weighted by Crippen LogP contribution is 2.17. The first-order valence-electron chi connectivity index (χ1n) is 12.2. The largest absolute Gasteiger partial charge is 0.489 e. The van der Waals surface area contributed by atoms with Gasteiger partial charge in [0, 0.05) is 18.7 Å². The van der Waals surface area contributed by atoms with Crippen molar-refractivity contribution in [2.24, 2.45) is 0 Å². The number of aliphatic carboxylic acids is 1. The van der Waals surface area contributed by atoms with E-state index in [1.54, 1.807) is 69.3 Å². The number of carbonyl (C=O) groups is 3. The monoisotopic (exact) mass is 519 g/mol. The molecule has 3 aromatic carbocycles. The smallest absolute Gasteiger partial charge is 0.412 e. The number of hydrogen-bond acceptors (Lipinski definition) is 5. The number of ether oxygens (including phenoxy) is 2. The van der Waals surface area contributed by atoms with Crippen molar-refractivity contribution in [1.82, 2.24) is 10.6 Å². The number of urea groups is 1. The Balaban J connectivity index is 1.49. The van der Waals surface area contributed by atoms with Gasteiger partial charge in [-0.3, -0.25) is 5.32 Å². The molecule has 9 nitrogen and oxygen atoms in total. The summed E-state index contributed by atoms with van der Waals surface area (Å²) >= 11 is 0. The maximum Gasteiger partial charge on any atom is 0.412 e. The number of amides is 3. The third kappa shape index (κ3) is 9.85. The Kier molecular flexibility index (Phi) is 9.70. The van der Waals surface area contributed by atoms with E-state index in [9.17, 15) is 19.5 Å². The van der Waals surface area contributed by atoms with Crippen molar-refractivity contribution < 1.29 is 29.0 Å². The van der Waals surface area contributed by atoms with Crippen LogP contribution in [0.3, 0.4) is 0 Å². The van der Waals surface area contributed by atoms with Crippen molar-refractivity contribution >= 4 is 23.8 Å². The molecule has 0 heterocycles. The fourth-order valence-electron chi connectivity index (χ4n) is 3.46. The number of carboxylic acid groups (broad SMARTS) is 1. The minimum absolute atomic E-state index is 0.0936. The van der Waals surface area contributed by atoms with Gasteiger partial charge >= 0.3 is 18.1 Å². The molecule has 1 unspecified atom stereocenters. The molecule has 0 aliphatic carbocycles. The average Bonchev–Trinajstić information content (AvgIpc) is 2.86. The summed E-state index contributed by atoms with van der Waals surface area (Å²) < 4.78 is 11.0. The normalized spacial score (nSPS) is 11.7. The van der Waals surface area contributed by atoms with E-state index >= 15 is 0 Å². The molecule has 3 amide bonds. The summed E-state index contributed by atoms with van der Waals surface area (Å²) in [6.07, 6.45) is -0.466. The van der Waals surface area contributed by atoms with Gasteiger partial charge in [0.15, 0.2) is 0 Å². The number of hydrogen-bond donors (Lipinski definition) is 4. The number of benzene rings is 3. The first kappa shape index (κ1) is 28.0. The van der Waals surface area contributed by atoms with E-state index < -0.39 is 29.7 Å².